The number of rotatable bonds is 5. The van der Waals surface area contributed by atoms with Crippen molar-refractivity contribution < 1.29 is 14.3 Å². The van der Waals surface area contributed by atoms with Gasteiger partial charge in [0, 0.05) is 38.6 Å². The van der Waals surface area contributed by atoms with E-state index in [1.54, 1.807) is 7.11 Å². The summed E-state index contributed by atoms with van der Waals surface area (Å²) in [4.78, 5) is 17.4. The minimum absolute atomic E-state index is 0.154. The van der Waals surface area contributed by atoms with Crippen LogP contribution in [0.1, 0.15) is 31.7 Å². The van der Waals surface area contributed by atoms with Crippen molar-refractivity contribution in [2.45, 2.75) is 32.2 Å². The zero-order chi connectivity index (χ0) is 17.8. The molecule has 2 fully saturated rings. The molecule has 2 aliphatic heterocycles. The lowest BCUT2D eigenvalue weighted by Crippen LogP contribution is -2.47. The third-order valence-corrected chi connectivity index (χ3v) is 5.59. The first-order valence-corrected chi connectivity index (χ1v) is 9.32. The van der Waals surface area contributed by atoms with E-state index in [0.717, 1.165) is 50.7 Å². The highest BCUT2D eigenvalue weighted by atomic mass is 16.5. The largest absolute Gasteiger partial charge is 0.496 e. The minimum atomic E-state index is 0.154. The standard InChI is InChI=1S/C20H30N2O3/c1-15(17-6-4-5-7-19(17)24-3)12-20(23)22-13-16(2)18(14-22)21-8-10-25-11-9-21/h4-7,15-16,18H,8-14H2,1-3H3/t15-,16-,18-/m1/s1. The zero-order valence-corrected chi connectivity index (χ0v) is 15.6. The molecule has 1 aromatic carbocycles. The Balaban J connectivity index is 1.59. The first kappa shape index (κ1) is 18.2. The zero-order valence-electron chi connectivity index (χ0n) is 15.6. The molecule has 1 amide bonds. The molecule has 0 bridgehead atoms. The molecule has 5 heteroatoms. The van der Waals surface area contributed by atoms with Gasteiger partial charge < -0.3 is 14.4 Å². The van der Waals surface area contributed by atoms with Gasteiger partial charge in [-0.3, -0.25) is 9.69 Å². The van der Waals surface area contributed by atoms with Crippen LogP contribution in [-0.4, -0.2) is 68.3 Å². The molecule has 1 aromatic rings. The van der Waals surface area contributed by atoms with E-state index in [0.29, 0.717) is 18.4 Å². The molecule has 25 heavy (non-hydrogen) atoms. The van der Waals surface area contributed by atoms with E-state index in [9.17, 15) is 4.79 Å². The van der Waals surface area contributed by atoms with Crippen LogP contribution in [0.4, 0.5) is 0 Å². The van der Waals surface area contributed by atoms with Gasteiger partial charge in [0.05, 0.1) is 20.3 Å². The van der Waals surface area contributed by atoms with Crippen LogP contribution in [0.15, 0.2) is 24.3 Å². The number of ether oxygens (including phenoxy) is 2. The maximum atomic E-state index is 12.8. The number of likely N-dealkylation sites (tertiary alicyclic amines) is 1. The van der Waals surface area contributed by atoms with Gasteiger partial charge in [-0.05, 0) is 23.5 Å². The van der Waals surface area contributed by atoms with Crippen LogP contribution in [0.25, 0.3) is 0 Å². The second kappa shape index (κ2) is 8.19. The van der Waals surface area contributed by atoms with E-state index in [-0.39, 0.29) is 11.8 Å². The quantitative estimate of drug-likeness (QED) is 0.821. The minimum Gasteiger partial charge on any atom is -0.496 e. The lowest BCUT2D eigenvalue weighted by atomic mass is 9.96. The summed E-state index contributed by atoms with van der Waals surface area (Å²) in [5.41, 5.74) is 1.11. The molecule has 2 heterocycles. The number of hydrogen-bond acceptors (Lipinski definition) is 4. The number of carbonyl (C=O) groups is 1. The van der Waals surface area contributed by atoms with Crippen molar-refractivity contribution in [1.82, 2.24) is 9.80 Å². The smallest absolute Gasteiger partial charge is 0.223 e. The van der Waals surface area contributed by atoms with Gasteiger partial charge >= 0.3 is 0 Å². The molecule has 0 radical (unpaired) electrons. The molecule has 0 spiro atoms. The summed E-state index contributed by atoms with van der Waals surface area (Å²) in [5.74, 6) is 1.79. The van der Waals surface area contributed by atoms with Gasteiger partial charge in [0.2, 0.25) is 5.91 Å². The Hall–Kier alpha value is -1.59. The highest BCUT2D eigenvalue weighted by molar-refractivity contribution is 5.77. The Morgan fingerprint density at radius 3 is 2.72 bits per heavy atom. The second-order valence-electron chi connectivity index (χ2n) is 7.34. The number of para-hydroxylation sites is 1. The van der Waals surface area contributed by atoms with Gasteiger partial charge in [-0.25, -0.2) is 0 Å². The first-order chi connectivity index (χ1) is 12.1. The van der Waals surface area contributed by atoms with E-state index >= 15 is 0 Å². The second-order valence-corrected chi connectivity index (χ2v) is 7.34. The van der Waals surface area contributed by atoms with Crippen molar-refractivity contribution in [3.63, 3.8) is 0 Å². The SMILES string of the molecule is COc1ccccc1[C@H](C)CC(=O)N1C[C@@H](C)[C@H](N2CCOCC2)C1. The van der Waals surface area contributed by atoms with Gasteiger partial charge in [0.1, 0.15) is 5.75 Å². The number of methoxy groups -OCH3 is 1. The average molecular weight is 346 g/mol. The van der Waals surface area contributed by atoms with Gasteiger partial charge in [-0.2, -0.15) is 0 Å². The Morgan fingerprint density at radius 2 is 2.00 bits per heavy atom. The van der Waals surface area contributed by atoms with Gasteiger partial charge in [0.25, 0.3) is 0 Å². The van der Waals surface area contributed by atoms with Crippen LogP contribution in [-0.2, 0) is 9.53 Å². The summed E-state index contributed by atoms with van der Waals surface area (Å²) >= 11 is 0. The molecule has 2 aliphatic rings. The summed E-state index contributed by atoms with van der Waals surface area (Å²) < 4.78 is 10.9. The fourth-order valence-electron chi connectivity index (χ4n) is 4.11. The van der Waals surface area contributed by atoms with Gasteiger partial charge in [0.15, 0.2) is 0 Å². The fraction of sp³-hybridized carbons (Fsp3) is 0.650. The van der Waals surface area contributed by atoms with Gasteiger partial charge in [-0.15, -0.1) is 0 Å². The van der Waals surface area contributed by atoms with E-state index in [1.165, 1.54) is 0 Å². The van der Waals surface area contributed by atoms with E-state index in [1.807, 2.05) is 18.2 Å². The molecule has 5 nitrogen and oxygen atoms in total. The van der Waals surface area contributed by atoms with Crippen LogP contribution in [0, 0.1) is 5.92 Å². The third kappa shape index (κ3) is 4.15. The predicted molar refractivity (Wildman–Crippen MR) is 98.0 cm³/mol. The molecular formula is C20H30N2O3. The summed E-state index contributed by atoms with van der Waals surface area (Å²) in [6, 6.07) is 8.45. The van der Waals surface area contributed by atoms with Crippen LogP contribution in [0.3, 0.4) is 0 Å². The number of nitrogens with zero attached hydrogens (tertiary/aromatic N) is 2. The van der Waals surface area contributed by atoms with Crippen LogP contribution in [0.2, 0.25) is 0 Å². The molecule has 3 rings (SSSR count). The summed E-state index contributed by atoms with van der Waals surface area (Å²) in [6.07, 6.45) is 0.531. The number of hydrogen-bond donors (Lipinski definition) is 0. The number of carbonyl (C=O) groups excluding carboxylic acids is 1. The highest BCUT2D eigenvalue weighted by Crippen LogP contribution is 2.30. The Morgan fingerprint density at radius 1 is 1.28 bits per heavy atom. The normalized spacial score (nSPS) is 25.8. The van der Waals surface area contributed by atoms with Crippen molar-refractivity contribution in [3.8, 4) is 5.75 Å². The van der Waals surface area contributed by atoms with Crippen molar-refractivity contribution in [3.05, 3.63) is 29.8 Å². The van der Waals surface area contributed by atoms with Crippen molar-refractivity contribution in [2.75, 3.05) is 46.5 Å². The van der Waals surface area contributed by atoms with Crippen molar-refractivity contribution in [1.29, 1.82) is 0 Å². The molecule has 0 aliphatic carbocycles. The Labute approximate surface area is 150 Å². The highest BCUT2D eigenvalue weighted by Gasteiger charge is 2.36. The topological polar surface area (TPSA) is 42.0 Å². The Kier molecular flexibility index (Phi) is 5.97. The Bertz CT molecular complexity index is 586. The average Bonchev–Trinajstić information content (AvgIpc) is 3.04. The van der Waals surface area contributed by atoms with Crippen molar-refractivity contribution in [2.24, 2.45) is 5.92 Å². The lowest BCUT2D eigenvalue weighted by molar-refractivity contribution is -0.130. The van der Waals surface area contributed by atoms with Crippen LogP contribution < -0.4 is 4.74 Å². The molecule has 0 unspecified atom stereocenters. The molecule has 2 saturated heterocycles. The molecule has 0 N–H and O–H groups in total. The van der Waals surface area contributed by atoms with Crippen LogP contribution >= 0.6 is 0 Å². The molecule has 3 atom stereocenters. The first-order valence-electron chi connectivity index (χ1n) is 9.32. The third-order valence-electron chi connectivity index (χ3n) is 5.59. The predicted octanol–water partition coefficient (Wildman–Crippen LogP) is 2.37. The number of benzene rings is 1. The molecule has 138 valence electrons. The lowest BCUT2D eigenvalue weighted by Gasteiger charge is -2.34. The van der Waals surface area contributed by atoms with E-state index < -0.39 is 0 Å². The number of amides is 1. The molecule has 0 saturated carbocycles. The van der Waals surface area contributed by atoms with Gasteiger partial charge in [-0.1, -0.05) is 32.0 Å². The number of morpholine rings is 1. The van der Waals surface area contributed by atoms with E-state index in [4.69, 9.17) is 9.47 Å². The maximum absolute atomic E-state index is 12.8. The fourth-order valence-corrected chi connectivity index (χ4v) is 4.11. The summed E-state index contributed by atoms with van der Waals surface area (Å²) in [6.45, 7) is 9.65. The molecular weight excluding hydrogens is 316 g/mol. The summed E-state index contributed by atoms with van der Waals surface area (Å²) in [7, 11) is 1.68. The monoisotopic (exact) mass is 346 g/mol. The maximum Gasteiger partial charge on any atom is 0.223 e. The summed E-state index contributed by atoms with van der Waals surface area (Å²) in [5, 5.41) is 0. The van der Waals surface area contributed by atoms with E-state index in [2.05, 4.69) is 29.7 Å². The van der Waals surface area contributed by atoms with Crippen LogP contribution in [0.5, 0.6) is 5.75 Å². The van der Waals surface area contributed by atoms with Crippen molar-refractivity contribution >= 4 is 5.91 Å². The molecule has 0 aromatic heterocycles.